The summed E-state index contributed by atoms with van der Waals surface area (Å²) < 4.78 is 43.4. The zero-order valence-corrected chi connectivity index (χ0v) is 15.8. The number of amides is 2. The molecule has 29 heavy (non-hydrogen) atoms. The number of hydrogen-bond donors (Lipinski definition) is 2. The van der Waals surface area contributed by atoms with E-state index >= 15 is 0 Å². The van der Waals surface area contributed by atoms with Crippen molar-refractivity contribution in [2.24, 2.45) is 0 Å². The number of nitrogens with zero attached hydrogens (tertiary/aromatic N) is 3. The summed E-state index contributed by atoms with van der Waals surface area (Å²) in [5.41, 5.74) is 0.203. The first kappa shape index (κ1) is 20.7. The van der Waals surface area contributed by atoms with Gasteiger partial charge in [0.15, 0.2) is 0 Å². The molecule has 1 atom stereocenters. The van der Waals surface area contributed by atoms with Gasteiger partial charge in [-0.3, -0.25) is 4.57 Å². The molecule has 2 N–H and O–H groups in total. The number of urea groups is 1. The van der Waals surface area contributed by atoms with Crippen LogP contribution in [0.4, 0.5) is 23.7 Å². The van der Waals surface area contributed by atoms with Gasteiger partial charge in [-0.1, -0.05) is 6.92 Å². The first-order valence-corrected chi connectivity index (χ1v) is 9.35. The fraction of sp³-hybridized carbons (Fsp3) is 0.500. The van der Waals surface area contributed by atoms with Gasteiger partial charge in [0, 0.05) is 31.2 Å². The second-order valence-electron chi connectivity index (χ2n) is 6.77. The summed E-state index contributed by atoms with van der Waals surface area (Å²) in [4.78, 5) is 24.5. The predicted octanol–water partition coefficient (Wildman–Crippen LogP) is 2.88. The van der Waals surface area contributed by atoms with Crippen molar-refractivity contribution in [3.8, 4) is 5.75 Å². The summed E-state index contributed by atoms with van der Waals surface area (Å²) >= 11 is 0. The average Bonchev–Trinajstić information content (AvgIpc) is 2.80. The minimum absolute atomic E-state index is 0.131. The third kappa shape index (κ3) is 5.52. The molecule has 0 radical (unpaired) electrons. The standard InChI is InChI=1S/C18H22F3N5O3/c1-2-10-26-17(28)25-11-9-13(5-8-15(25)24-26)23-16(27)22-12-3-6-14(7-4-12)29-18(19,20)21/h3-4,6-7,13H,2,5,8-11H2,1H3,(H2,22,23,27). The van der Waals surface area contributed by atoms with Gasteiger partial charge in [0.25, 0.3) is 0 Å². The van der Waals surface area contributed by atoms with Gasteiger partial charge in [-0.2, -0.15) is 5.10 Å². The van der Waals surface area contributed by atoms with E-state index in [1.807, 2.05) is 6.92 Å². The highest BCUT2D eigenvalue weighted by Gasteiger charge is 2.31. The van der Waals surface area contributed by atoms with Crippen LogP contribution in [0.1, 0.15) is 32.0 Å². The van der Waals surface area contributed by atoms with Crippen LogP contribution in [0, 0.1) is 0 Å². The van der Waals surface area contributed by atoms with Crippen LogP contribution in [0.15, 0.2) is 29.1 Å². The van der Waals surface area contributed by atoms with Gasteiger partial charge < -0.3 is 15.4 Å². The summed E-state index contributed by atoms with van der Waals surface area (Å²) in [5, 5.41) is 9.77. The number of alkyl halides is 3. The van der Waals surface area contributed by atoms with E-state index in [1.54, 1.807) is 4.57 Å². The Morgan fingerprint density at radius 2 is 2.00 bits per heavy atom. The number of fused-ring (bicyclic) bond motifs is 1. The Balaban J connectivity index is 1.53. The third-order valence-corrected chi connectivity index (χ3v) is 4.53. The minimum atomic E-state index is -4.76. The molecular weight excluding hydrogens is 391 g/mol. The smallest absolute Gasteiger partial charge is 0.406 e. The number of benzene rings is 1. The molecule has 2 aromatic rings. The molecular formula is C18H22F3N5O3. The number of ether oxygens (including phenoxy) is 1. The van der Waals surface area contributed by atoms with E-state index in [4.69, 9.17) is 0 Å². The van der Waals surface area contributed by atoms with Crippen molar-refractivity contribution in [2.45, 2.75) is 58.1 Å². The Labute approximate surface area is 164 Å². The number of nitrogens with one attached hydrogen (secondary N) is 2. The molecule has 2 amide bonds. The third-order valence-electron chi connectivity index (χ3n) is 4.53. The summed E-state index contributed by atoms with van der Waals surface area (Å²) in [6.45, 7) is 3.02. The van der Waals surface area contributed by atoms with E-state index in [9.17, 15) is 22.8 Å². The second-order valence-corrected chi connectivity index (χ2v) is 6.77. The Kier molecular flexibility index (Phi) is 6.14. The number of anilines is 1. The van der Waals surface area contributed by atoms with Gasteiger partial charge in [-0.25, -0.2) is 14.3 Å². The molecule has 0 bridgehead atoms. The van der Waals surface area contributed by atoms with Gasteiger partial charge in [-0.05, 0) is 43.5 Å². The van der Waals surface area contributed by atoms with E-state index in [1.165, 1.54) is 16.8 Å². The number of aryl methyl sites for hydroxylation is 2. The monoisotopic (exact) mass is 413 g/mol. The van der Waals surface area contributed by atoms with Crippen LogP contribution in [0.2, 0.25) is 0 Å². The number of carbonyl (C=O) groups is 1. The fourth-order valence-electron chi connectivity index (χ4n) is 3.22. The molecule has 11 heteroatoms. The molecule has 1 aliphatic rings. The topological polar surface area (TPSA) is 90.2 Å². The zero-order chi connectivity index (χ0) is 21.0. The lowest BCUT2D eigenvalue weighted by atomic mass is 10.1. The highest BCUT2D eigenvalue weighted by Crippen LogP contribution is 2.24. The van der Waals surface area contributed by atoms with Crippen LogP contribution < -0.4 is 21.1 Å². The molecule has 158 valence electrons. The molecule has 3 rings (SSSR count). The number of aromatic nitrogens is 3. The number of carbonyl (C=O) groups excluding carboxylic acids is 1. The van der Waals surface area contributed by atoms with E-state index < -0.39 is 12.4 Å². The maximum Gasteiger partial charge on any atom is 0.573 e. The Hall–Kier alpha value is -2.98. The molecule has 1 aromatic heterocycles. The van der Waals surface area contributed by atoms with Gasteiger partial charge in [0.05, 0.1) is 0 Å². The van der Waals surface area contributed by atoms with E-state index in [0.29, 0.717) is 43.9 Å². The first-order chi connectivity index (χ1) is 13.7. The first-order valence-electron chi connectivity index (χ1n) is 9.35. The molecule has 2 heterocycles. The molecule has 0 saturated heterocycles. The van der Waals surface area contributed by atoms with Crippen molar-refractivity contribution in [2.75, 3.05) is 5.32 Å². The van der Waals surface area contributed by atoms with Gasteiger partial charge >= 0.3 is 18.1 Å². The summed E-state index contributed by atoms with van der Waals surface area (Å²) in [6.07, 6.45) is -2.16. The van der Waals surface area contributed by atoms with Gasteiger partial charge in [0.1, 0.15) is 11.6 Å². The summed E-state index contributed by atoms with van der Waals surface area (Å²) in [6, 6.07) is 4.26. The number of hydrogen-bond acceptors (Lipinski definition) is 4. The van der Waals surface area contributed by atoms with Crippen LogP contribution in [0.5, 0.6) is 5.75 Å². The van der Waals surface area contributed by atoms with Crippen LogP contribution in [0.25, 0.3) is 0 Å². The van der Waals surface area contributed by atoms with Crippen LogP contribution in [-0.4, -0.2) is 32.8 Å². The van der Waals surface area contributed by atoms with Gasteiger partial charge in [0.2, 0.25) is 0 Å². The number of rotatable bonds is 5. The zero-order valence-electron chi connectivity index (χ0n) is 15.8. The van der Waals surface area contributed by atoms with Crippen molar-refractivity contribution < 1.29 is 22.7 Å². The Morgan fingerprint density at radius 1 is 1.28 bits per heavy atom. The highest BCUT2D eigenvalue weighted by molar-refractivity contribution is 5.89. The average molecular weight is 413 g/mol. The van der Waals surface area contributed by atoms with Crippen LogP contribution >= 0.6 is 0 Å². The van der Waals surface area contributed by atoms with Crippen LogP contribution in [-0.2, 0) is 19.5 Å². The second kappa shape index (κ2) is 8.58. The van der Waals surface area contributed by atoms with Crippen molar-refractivity contribution in [3.05, 3.63) is 40.6 Å². The lowest BCUT2D eigenvalue weighted by Gasteiger charge is -2.17. The van der Waals surface area contributed by atoms with Crippen molar-refractivity contribution in [1.29, 1.82) is 0 Å². The van der Waals surface area contributed by atoms with E-state index in [0.717, 1.165) is 18.6 Å². The molecule has 1 aromatic carbocycles. The van der Waals surface area contributed by atoms with E-state index in [2.05, 4.69) is 20.5 Å². The predicted molar refractivity (Wildman–Crippen MR) is 98.8 cm³/mol. The van der Waals surface area contributed by atoms with E-state index in [-0.39, 0.29) is 17.5 Å². The van der Waals surface area contributed by atoms with Crippen molar-refractivity contribution in [3.63, 3.8) is 0 Å². The molecule has 8 nitrogen and oxygen atoms in total. The molecule has 0 spiro atoms. The Bertz CT molecular complexity index is 905. The van der Waals surface area contributed by atoms with Crippen LogP contribution in [0.3, 0.4) is 0 Å². The fourth-order valence-corrected chi connectivity index (χ4v) is 3.22. The normalized spacial score (nSPS) is 16.6. The van der Waals surface area contributed by atoms with Gasteiger partial charge in [-0.15, -0.1) is 13.2 Å². The quantitative estimate of drug-likeness (QED) is 0.789. The lowest BCUT2D eigenvalue weighted by Crippen LogP contribution is -2.38. The Morgan fingerprint density at radius 3 is 2.66 bits per heavy atom. The summed E-state index contributed by atoms with van der Waals surface area (Å²) in [5.74, 6) is 0.351. The molecule has 0 fully saturated rings. The molecule has 1 unspecified atom stereocenters. The minimum Gasteiger partial charge on any atom is -0.406 e. The van der Waals surface area contributed by atoms with Crippen molar-refractivity contribution in [1.82, 2.24) is 19.7 Å². The van der Waals surface area contributed by atoms with Crippen molar-refractivity contribution >= 4 is 11.7 Å². The largest absolute Gasteiger partial charge is 0.573 e. The maximum atomic E-state index is 12.3. The molecule has 0 saturated carbocycles. The lowest BCUT2D eigenvalue weighted by molar-refractivity contribution is -0.274. The summed E-state index contributed by atoms with van der Waals surface area (Å²) in [7, 11) is 0. The SMILES string of the molecule is CCCn1nc2n(c1=O)CCC(NC(=O)Nc1ccc(OC(F)(F)F)cc1)CC2. The number of halogens is 3. The molecule has 0 aliphatic carbocycles. The maximum absolute atomic E-state index is 12.3. The molecule has 1 aliphatic heterocycles. The highest BCUT2D eigenvalue weighted by atomic mass is 19.4.